The average Bonchev–Trinajstić information content (AvgIpc) is 2.80. The summed E-state index contributed by atoms with van der Waals surface area (Å²) in [4.78, 5) is 14.6. The van der Waals surface area contributed by atoms with E-state index in [1.807, 2.05) is 66.4 Å². The van der Waals surface area contributed by atoms with Gasteiger partial charge in [-0.1, -0.05) is 42.5 Å². The number of rotatable bonds is 7. The molecule has 1 fully saturated rings. The van der Waals surface area contributed by atoms with Crippen LogP contribution in [-0.2, 0) is 14.8 Å². The van der Waals surface area contributed by atoms with Gasteiger partial charge in [0, 0.05) is 42.6 Å². The van der Waals surface area contributed by atoms with Crippen molar-refractivity contribution >= 4 is 32.4 Å². The van der Waals surface area contributed by atoms with E-state index in [4.69, 9.17) is 4.74 Å². The van der Waals surface area contributed by atoms with Gasteiger partial charge < -0.3 is 10.1 Å². The van der Waals surface area contributed by atoms with Gasteiger partial charge in [0.1, 0.15) is 5.75 Å². The fourth-order valence-electron chi connectivity index (χ4n) is 3.94. The standard InChI is InChI=1S/C24H27N3O4S/c1-2-31-22-12-13-23(21-11-7-6-10-20(21)22)32(29,30)27-16-14-26(15-17-27)18-24(28)25-19-8-4-3-5-9-19/h3-13H,2,14-18H2,1H3,(H,25,28). The van der Waals surface area contributed by atoms with Crippen molar-refractivity contribution in [3.05, 3.63) is 66.7 Å². The Labute approximate surface area is 188 Å². The zero-order chi connectivity index (χ0) is 22.6. The Morgan fingerprint density at radius 3 is 2.25 bits per heavy atom. The number of nitrogens with one attached hydrogen (secondary N) is 1. The number of hydrogen-bond donors (Lipinski definition) is 1. The molecule has 0 bridgehead atoms. The molecule has 4 rings (SSSR count). The molecule has 7 nitrogen and oxygen atoms in total. The van der Waals surface area contributed by atoms with Crippen LogP contribution in [0.5, 0.6) is 5.75 Å². The predicted molar refractivity (Wildman–Crippen MR) is 125 cm³/mol. The molecule has 0 unspecified atom stereocenters. The Hall–Kier alpha value is -2.94. The van der Waals surface area contributed by atoms with E-state index in [-0.39, 0.29) is 17.3 Å². The van der Waals surface area contributed by atoms with Gasteiger partial charge in [-0.3, -0.25) is 9.69 Å². The first-order valence-corrected chi connectivity index (χ1v) is 12.1. The first-order valence-electron chi connectivity index (χ1n) is 10.7. The van der Waals surface area contributed by atoms with Crippen LogP contribution >= 0.6 is 0 Å². The number of para-hydroxylation sites is 1. The van der Waals surface area contributed by atoms with Crippen molar-refractivity contribution in [2.45, 2.75) is 11.8 Å². The number of sulfonamides is 1. The minimum atomic E-state index is -3.67. The molecule has 0 spiro atoms. The molecule has 3 aromatic carbocycles. The van der Waals surface area contributed by atoms with E-state index in [1.165, 1.54) is 4.31 Å². The van der Waals surface area contributed by atoms with Crippen molar-refractivity contribution in [1.82, 2.24) is 9.21 Å². The van der Waals surface area contributed by atoms with Crippen molar-refractivity contribution in [2.75, 3.05) is 44.6 Å². The fourth-order valence-corrected chi connectivity index (χ4v) is 5.56. The summed E-state index contributed by atoms with van der Waals surface area (Å²) in [7, 11) is -3.67. The molecular weight excluding hydrogens is 426 g/mol. The normalized spacial score (nSPS) is 15.5. The van der Waals surface area contributed by atoms with Gasteiger partial charge in [0.25, 0.3) is 0 Å². The van der Waals surface area contributed by atoms with Crippen LogP contribution in [0.4, 0.5) is 5.69 Å². The molecule has 1 aliphatic rings. The molecule has 1 saturated heterocycles. The van der Waals surface area contributed by atoms with Crippen LogP contribution in [0, 0.1) is 0 Å². The molecule has 3 aromatic rings. The van der Waals surface area contributed by atoms with Gasteiger partial charge in [0.15, 0.2) is 0 Å². The van der Waals surface area contributed by atoms with Crippen LogP contribution in [-0.4, -0.2) is 62.9 Å². The number of hydrogen-bond acceptors (Lipinski definition) is 5. The lowest BCUT2D eigenvalue weighted by Crippen LogP contribution is -2.50. The summed E-state index contributed by atoms with van der Waals surface area (Å²) in [6.45, 7) is 4.31. The maximum Gasteiger partial charge on any atom is 0.243 e. The van der Waals surface area contributed by atoms with E-state index in [0.29, 0.717) is 43.9 Å². The molecule has 0 aromatic heterocycles. The number of amides is 1. The van der Waals surface area contributed by atoms with E-state index in [2.05, 4.69) is 5.32 Å². The highest BCUT2D eigenvalue weighted by Crippen LogP contribution is 2.32. The van der Waals surface area contributed by atoms with E-state index < -0.39 is 10.0 Å². The molecule has 1 heterocycles. The number of nitrogens with zero attached hydrogens (tertiary/aromatic N) is 2. The number of benzene rings is 3. The molecule has 168 valence electrons. The molecule has 8 heteroatoms. The summed E-state index contributed by atoms with van der Waals surface area (Å²) >= 11 is 0. The van der Waals surface area contributed by atoms with Gasteiger partial charge in [-0.25, -0.2) is 8.42 Å². The van der Waals surface area contributed by atoms with Crippen LogP contribution in [0.3, 0.4) is 0 Å². The first-order chi connectivity index (χ1) is 15.5. The van der Waals surface area contributed by atoms with Gasteiger partial charge in [-0.15, -0.1) is 0 Å². The molecule has 0 saturated carbocycles. The monoisotopic (exact) mass is 453 g/mol. The Kier molecular flexibility index (Phi) is 6.74. The summed E-state index contributed by atoms with van der Waals surface area (Å²) in [5, 5.41) is 4.31. The van der Waals surface area contributed by atoms with Crippen LogP contribution in [0.25, 0.3) is 10.8 Å². The van der Waals surface area contributed by atoms with Crippen LogP contribution < -0.4 is 10.1 Å². The van der Waals surface area contributed by atoms with Gasteiger partial charge in [0.05, 0.1) is 18.0 Å². The lowest BCUT2D eigenvalue weighted by Gasteiger charge is -2.33. The first kappa shape index (κ1) is 22.3. The number of carbonyl (C=O) groups excluding carboxylic acids is 1. The van der Waals surface area contributed by atoms with Crippen LogP contribution in [0.15, 0.2) is 71.6 Å². The molecule has 0 atom stereocenters. The molecule has 1 amide bonds. The lowest BCUT2D eigenvalue weighted by atomic mass is 10.1. The number of ether oxygens (including phenoxy) is 1. The second-order valence-electron chi connectivity index (χ2n) is 7.63. The summed E-state index contributed by atoms with van der Waals surface area (Å²) in [6, 6.07) is 20.0. The van der Waals surface area contributed by atoms with Gasteiger partial charge in [-0.2, -0.15) is 4.31 Å². The highest BCUT2D eigenvalue weighted by Gasteiger charge is 2.30. The van der Waals surface area contributed by atoms with Crippen molar-refractivity contribution in [3.63, 3.8) is 0 Å². The van der Waals surface area contributed by atoms with Gasteiger partial charge in [-0.05, 0) is 31.2 Å². The molecule has 0 aliphatic carbocycles. The van der Waals surface area contributed by atoms with Crippen molar-refractivity contribution < 1.29 is 17.9 Å². The van der Waals surface area contributed by atoms with E-state index in [1.54, 1.807) is 12.1 Å². The third-order valence-corrected chi connectivity index (χ3v) is 7.47. The van der Waals surface area contributed by atoms with E-state index >= 15 is 0 Å². The molecular formula is C24H27N3O4S. The molecule has 32 heavy (non-hydrogen) atoms. The SMILES string of the molecule is CCOc1ccc(S(=O)(=O)N2CCN(CC(=O)Nc3ccccc3)CC2)c2ccccc12. The Balaban J connectivity index is 1.44. The number of anilines is 1. The van der Waals surface area contributed by atoms with Crippen molar-refractivity contribution in [2.24, 2.45) is 0 Å². The number of piperazine rings is 1. The highest BCUT2D eigenvalue weighted by atomic mass is 32.2. The quantitative estimate of drug-likeness (QED) is 0.595. The minimum Gasteiger partial charge on any atom is -0.493 e. The Bertz CT molecular complexity index is 1190. The molecule has 1 N–H and O–H groups in total. The lowest BCUT2D eigenvalue weighted by molar-refractivity contribution is -0.117. The fraction of sp³-hybridized carbons (Fsp3) is 0.292. The van der Waals surface area contributed by atoms with Crippen LogP contribution in [0.2, 0.25) is 0 Å². The van der Waals surface area contributed by atoms with E-state index in [9.17, 15) is 13.2 Å². The highest BCUT2D eigenvalue weighted by molar-refractivity contribution is 7.89. The van der Waals surface area contributed by atoms with Gasteiger partial charge >= 0.3 is 0 Å². The maximum absolute atomic E-state index is 13.4. The largest absolute Gasteiger partial charge is 0.493 e. The van der Waals surface area contributed by atoms with Crippen molar-refractivity contribution in [1.29, 1.82) is 0 Å². The second kappa shape index (κ2) is 9.68. The second-order valence-corrected chi connectivity index (χ2v) is 9.54. The third-order valence-electron chi connectivity index (χ3n) is 5.52. The maximum atomic E-state index is 13.4. The summed E-state index contributed by atoms with van der Waals surface area (Å²) in [5.74, 6) is 0.571. The predicted octanol–water partition coefficient (Wildman–Crippen LogP) is 3.18. The topological polar surface area (TPSA) is 79.0 Å². The molecule has 0 radical (unpaired) electrons. The third kappa shape index (κ3) is 4.77. The zero-order valence-corrected chi connectivity index (χ0v) is 18.8. The summed E-state index contributed by atoms with van der Waals surface area (Å²) in [5.41, 5.74) is 0.751. The van der Waals surface area contributed by atoms with Crippen LogP contribution in [0.1, 0.15) is 6.92 Å². The Morgan fingerprint density at radius 1 is 0.906 bits per heavy atom. The minimum absolute atomic E-state index is 0.106. The number of fused-ring (bicyclic) bond motifs is 1. The molecule has 1 aliphatic heterocycles. The smallest absolute Gasteiger partial charge is 0.243 e. The summed E-state index contributed by atoms with van der Waals surface area (Å²) < 4.78 is 34.0. The number of carbonyl (C=O) groups is 1. The average molecular weight is 454 g/mol. The zero-order valence-electron chi connectivity index (χ0n) is 18.0. The van der Waals surface area contributed by atoms with Gasteiger partial charge in [0.2, 0.25) is 15.9 Å². The van der Waals surface area contributed by atoms with E-state index in [0.717, 1.165) is 11.1 Å². The Morgan fingerprint density at radius 2 is 1.56 bits per heavy atom. The van der Waals surface area contributed by atoms with Crippen molar-refractivity contribution in [3.8, 4) is 5.75 Å². The summed E-state index contributed by atoms with van der Waals surface area (Å²) in [6.07, 6.45) is 0.